The molecule has 0 N–H and O–H groups in total. The van der Waals surface area contributed by atoms with Gasteiger partial charge in [0.25, 0.3) is 5.91 Å². The molecule has 1 aliphatic heterocycles. The number of morpholine rings is 1. The van der Waals surface area contributed by atoms with Gasteiger partial charge in [-0.3, -0.25) is 14.6 Å². The maximum absolute atomic E-state index is 13.7. The highest BCUT2D eigenvalue weighted by Gasteiger charge is 2.22. The van der Waals surface area contributed by atoms with E-state index in [4.69, 9.17) is 14.5 Å². The van der Waals surface area contributed by atoms with Crippen molar-refractivity contribution < 1.29 is 14.3 Å². The Labute approximate surface area is 221 Å². The lowest BCUT2D eigenvalue weighted by Crippen LogP contribution is -2.39. The number of hydrogen-bond acceptors (Lipinski definition) is 6. The van der Waals surface area contributed by atoms with Crippen molar-refractivity contribution in [2.75, 3.05) is 51.4 Å². The minimum Gasteiger partial charge on any atom is -0.497 e. The number of benzene rings is 3. The topological polar surface area (TPSA) is 54.9 Å². The van der Waals surface area contributed by atoms with E-state index in [1.54, 1.807) is 7.11 Å². The lowest BCUT2D eigenvalue weighted by molar-refractivity contribution is 0.0376. The van der Waals surface area contributed by atoms with Gasteiger partial charge >= 0.3 is 0 Å². The highest BCUT2D eigenvalue weighted by molar-refractivity contribution is 7.22. The van der Waals surface area contributed by atoms with E-state index in [0.29, 0.717) is 17.2 Å². The summed E-state index contributed by atoms with van der Waals surface area (Å²) in [5.74, 6) is 0.730. The summed E-state index contributed by atoms with van der Waals surface area (Å²) >= 11 is 1.54. The lowest BCUT2D eigenvalue weighted by atomic mass is 10.0. The van der Waals surface area contributed by atoms with Gasteiger partial charge in [-0.05, 0) is 41.8 Å². The van der Waals surface area contributed by atoms with Crippen molar-refractivity contribution in [1.29, 1.82) is 0 Å². The molecule has 0 bridgehead atoms. The number of halogens is 1. The smallest absolute Gasteiger partial charge is 0.260 e. The first-order valence-electron chi connectivity index (χ1n) is 11.9. The fraction of sp³-hybridized carbons (Fsp3) is 0.286. The molecule has 0 saturated carbocycles. The second-order valence-electron chi connectivity index (χ2n) is 8.54. The molecule has 1 saturated heterocycles. The predicted octanol–water partition coefficient (Wildman–Crippen LogP) is 5.76. The first-order chi connectivity index (χ1) is 17.2. The zero-order chi connectivity index (χ0) is 24.0. The van der Waals surface area contributed by atoms with E-state index >= 15 is 0 Å². The number of amides is 1. The molecular weight excluding hydrogens is 494 g/mol. The second-order valence-corrected chi connectivity index (χ2v) is 9.55. The van der Waals surface area contributed by atoms with E-state index in [9.17, 15) is 4.79 Å². The van der Waals surface area contributed by atoms with Crippen LogP contribution in [0.15, 0.2) is 72.8 Å². The summed E-state index contributed by atoms with van der Waals surface area (Å²) in [6.45, 7) is 4.96. The van der Waals surface area contributed by atoms with E-state index < -0.39 is 0 Å². The van der Waals surface area contributed by atoms with E-state index in [1.165, 1.54) is 11.3 Å². The maximum atomic E-state index is 13.7. The van der Waals surface area contributed by atoms with Crippen molar-refractivity contribution in [3.05, 3.63) is 78.4 Å². The Morgan fingerprint density at radius 3 is 2.47 bits per heavy atom. The lowest BCUT2D eigenvalue weighted by Gasteiger charge is -2.27. The third kappa shape index (κ3) is 6.05. The van der Waals surface area contributed by atoms with Gasteiger partial charge in [-0.2, -0.15) is 0 Å². The van der Waals surface area contributed by atoms with Crippen LogP contribution in [0.3, 0.4) is 0 Å². The Bertz CT molecular complexity index is 1270. The standard InChI is InChI=1S/C28H29N3O3S.ClH/c1-33-24-12-13-26-25(20-24)29-28(35-26)31(15-5-14-30-16-18-34-19-17-30)27(32)23-10-8-22(9-11-23)21-6-3-2-4-7-21;/h2-4,6-13,20H,5,14-19H2,1H3;1H. The van der Waals surface area contributed by atoms with Crippen LogP contribution in [0, 0.1) is 0 Å². The van der Waals surface area contributed by atoms with Crippen LogP contribution in [-0.4, -0.2) is 62.3 Å². The van der Waals surface area contributed by atoms with Gasteiger partial charge in [-0.1, -0.05) is 53.8 Å². The third-order valence-corrected chi connectivity index (χ3v) is 7.32. The molecule has 0 aliphatic carbocycles. The van der Waals surface area contributed by atoms with Crippen LogP contribution in [0.5, 0.6) is 5.75 Å². The highest BCUT2D eigenvalue weighted by atomic mass is 35.5. The zero-order valence-corrected chi connectivity index (χ0v) is 21.9. The fourth-order valence-electron chi connectivity index (χ4n) is 4.29. The molecule has 8 heteroatoms. The first-order valence-corrected chi connectivity index (χ1v) is 12.7. The Morgan fingerprint density at radius 2 is 1.75 bits per heavy atom. The summed E-state index contributed by atoms with van der Waals surface area (Å²) in [7, 11) is 1.65. The number of carbonyl (C=O) groups is 1. The number of thiazole rings is 1. The van der Waals surface area contributed by atoms with Gasteiger partial charge in [0, 0.05) is 37.8 Å². The van der Waals surface area contributed by atoms with Crippen LogP contribution in [0.25, 0.3) is 21.3 Å². The number of aromatic nitrogens is 1. The summed E-state index contributed by atoms with van der Waals surface area (Å²) in [6, 6.07) is 23.9. The number of carbonyl (C=O) groups excluding carboxylic acids is 1. The van der Waals surface area contributed by atoms with Crippen molar-refractivity contribution in [2.24, 2.45) is 0 Å². The summed E-state index contributed by atoms with van der Waals surface area (Å²) in [5.41, 5.74) is 3.73. The van der Waals surface area contributed by atoms with Crippen molar-refractivity contribution >= 4 is 45.0 Å². The maximum Gasteiger partial charge on any atom is 0.260 e. The molecule has 1 aliphatic rings. The number of nitrogens with zero attached hydrogens (tertiary/aromatic N) is 3. The van der Waals surface area contributed by atoms with Crippen molar-refractivity contribution in [3.63, 3.8) is 0 Å². The summed E-state index contributed by atoms with van der Waals surface area (Å²) in [6.07, 6.45) is 0.868. The van der Waals surface area contributed by atoms with Gasteiger partial charge < -0.3 is 9.47 Å². The van der Waals surface area contributed by atoms with Gasteiger partial charge in [0.15, 0.2) is 5.13 Å². The Hall–Kier alpha value is -2.97. The quantitative estimate of drug-likeness (QED) is 0.294. The summed E-state index contributed by atoms with van der Waals surface area (Å²) in [4.78, 5) is 22.7. The molecule has 0 spiro atoms. The minimum atomic E-state index is -0.0300. The van der Waals surface area contributed by atoms with Crippen molar-refractivity contribution in [1.82, 2.24) is 9.88 Å². The highest BCUT2D eigenvalue weighted by Crippen LogP contribution is 2.32. The molecule has 2 heterocycles. The summed E-state index contributed by atoms with van der Waals surface area (Å²) < 4.78 is 11.9. The van der Waals surface area contributed by atoms with E-state index in [0.717, 1.165) is 66.4 Å². The molecule has 0 atom stereocenters. The second kappa shape index (κ2) is 12.3. The molecule has 0 unspecified atom stereocenters. The monoisotopic (exact) mass is 523 g/mol. The number of ether oxygens (including phenoxy) is 2. The van der Waals surface area contributed by atoms with Gasteiger partial charge in [0.2, 0.25) is 0 Å². The van der Waals surface area contributed by atoms with Crippen LogP contribution < -0.4 is 9.64 Å². The van der Waals surface area contributed by atoms with E-state index in [1.807, 2.05) is 65.6 Å². The Kier molecular flexibility index (Phi) is 8.93. The number of rotatable bonds is 8. The number of hydrogen-bond donors (Lipinski definition) is 0. The fourth-order valence-corrected chi connectivity index (χ4v) is 5.26. The number of fused-ring (bicyclic) bond motifs is 1. The Balaban J connectivity index is 0.00000304. The van der Waals surface area contributed by atoms with E-state index in [-0.39, 0.29) is 18.3 Å². The van der Waals surface area contributed by atoms with Crippen LogP contribution in [-0.2, 0) is 4.74 Å². The largest absolute Gasteiger partial charge is 0.497 e. The molecule has 3 aromatic carbocycles. The van der Waals surface area contributed by atoms with Crippen LogP contribution in [0.2, 0.25) is 0 Å². The normalized spacial score (nSPS) is 13.8. The zero-order valence-electron chi connectivity index (χ0n) is 20.3. The molecule has 5 rings (SSSR count). The first kappa shape index (κ1) is 26.1. The van der Waals surface area contributed by atoms with Crippen LogP contribution >= 0.6 is 23.7 Å². The van der Waals surface area contributed by atoms with Gasteiger partial charge in [-0.15, -0.1) is 12.4 Å². The molecule has 1 aromatic heterocycles. The Morgan fingerprint density at radius 1 is 1.03 bits per heavy atom. The number of anilines is 1. The predicted molar refractivity (Wildman–Crippen MR) is 149 cm³/mol. The SMILES string of the molecule is COc1ccc2sc(N(CCCN3CCOCC3)C(=O)c3ccc(-c4ccccc4)cc3)nc2c1.Cl. The van der Waals surface area contributed by atoms with Crippen molar-refractivity contribution in [2.45, 2.75) is 6.42 Å². The van der Waals surface area contributed by atoms with E-state index in [2.05, 4.69) is 17.0 Å². The molecule has 1 amide bonds. The van der Waals surface area contributed by atoms with Gasteiger partial charge in [0.1, 0.15) is 5.75 Å². The molecule has 1 fully saturated rings. The van der Waals surface area contributed by atoms with Gasteiger partial charge in [0.05, 0.1) is 30.5 Å². The molecule has 0 radical (unpaired) electrons. The average Bonchev–Trinajstić information content (AvgIpc) is 3.35. The molecule has 188 valence electrons. The molecule has 36 heavy (non-hydrogen) atoms. The van der Waals surface area contributed by atoms with Crippen LogP contribution in [0.1, 0.15) is 16.8 Å². The molecule has 4 aromatic rings. The molecular formula is C28H30ClN3O3S. The van der Waals surface area contributed by atoms with Crippen molar-refractivity contribution in [3.8, 4) is 16.9 Å². The minimum absolute atomic E-state index is 0. The average molecular weight is 524 g/mol. The number of methoxy groups -OCH3 is 1. The third-order valence-electron chi connectivity index (χ3n) is 6.26. The summed E-state index contributed by atoms with van der Waals surface area (Å²) in [5, 5.41) is 0.715. The molecule has 6 nitrogen and oxygen atoms in total. The van der Waals surface area contributed by atoms with Gasteiger partial charge in [-0.25, -0.2) is 4.98 Å². The van der Waals surface area contributed by atoms with Crippen LogP contribution in [0.4, 0.5) is 5.13 Å².